The van der Waals surface area contributed by atoms with E-state index in [2.05, 4.69) is 24.9 Å². The monoisotopic (exact) mass is 368 g/mol. The van der Waals surface area contributed by atoms with Crippen LogP contribution in [0.1, 0.15) is 35.5 Å². The zero-order valence-corrected chi connectivity index (χ0v) is 15.9. The Hall–Kier alpha value is -2.46. The SMILES string of the molecule is COc1cccc2[nH]c(C(=O)N3CCc4c(Cl)cccc4C3(C)C)cc12. The second-order valence-corrected chi connectivity index (χ2v) is 7.54. The third-order valence-electron chi connectivity index (χ3n) is 5.36. The first kappa shape index (κ1) is 17.0. The van der Waals surface area contributed by atoms with Gasteiger partial charge in [0.25, 0.3) is 5.91 Å². The minimum atomic E-state index is -0.434. The van der Waals surface area contributed by atoms with E-state index in [0.29, 0.717) is 12.2 Å². The van der Waals surface area contributed by atoms with Crippen LogP contribution in [0.15, 0.2) is 42.5 Å². The number of rotatable bonds is 2. The van der Waals surface area contributed by atoms with Crippen molar-refractivity contribution in [3.05, 3.63) is 64.3 Å². The fraction of sp³-hybridized carbons (Fsp3) is 0.286. The molecule has 1 aliphatic rings. The lowest BCUT2D eigenvalue weighted by molar-refractivity contribution is 0.0508. The number of benzene rings is 2. The smallest absolute Gasteiger partial charge is 0.271 e. The van der Waals surface area contributed by atoms with E-state index < -0.39 is 5.54 Å². The molecule has 1 aliphatic heterocycles. The van der Waals surface area contributed by atoms with Crippen LogP contribution in [-0.2, 0) is 12.0 Å². The summed E-state index contributed by atoms with van der Waals surface area (Å²) in [6, 6.07) is 13.6. The van der Waals surface area contributed by atoms with Crippen molar-refractivity contribution in [2.75, 3.05) is 13.7 Å². The molecule has 4 rings (SSSR count). The van der Waals surface area contributed by atoms with Crippen molar-refractivity contribution in [3.63, 3.8) is 0 Å². The zero-order valence-electron chi connectivity index (χ0n) is 15.1. The number of fused-ring (bicyclic) bond motifs is 2. The highest BCUT2D eigenvalue weighted by atomic mass is 35.5. The molecule has 2 heterocycles. The van der Waals surface area contributed by atoms with E-state index in [4.69, 9.17) is 16.3 Å². The molecular weight excluding hydrogens is 348 g/mol. The molecule has 0 fully saturated rings. The zero-order chi connectivity index (χ0) is 18.5. The van der Waals surface area contributed by atoms with Crippen molar-refractivity contribution < 1.29 is 9.53 Å². The summed E-state index contributed by atoms with van der Waals surface area (Å²) in [6.07, 6.45) is 0.758. The van der Waals surface area contributed by atoms with Crippen LogP contribution >= 0.6 is 11.6 Å². The number of nitrogens with zero attached hydrogens (tertiary/aromatic N) is 1. The van der Waals surface area contributed by atoms with Gasteiger partial charge in [-0.2, -0.15) is 0 Å². The van der Waals surface area contributed by atoms with E-state index in [0.717, 1.165) is 39.2 Å². The van der Waals surface area contributed by atoms with Gasteiger partial charge in [0.2, 0.25) is 0 Å². The van der Waals surface area contributed by atoms with Gasteiger partial charge in [-0.3, -0.25) is 4.79 Å². The molecular formula is C21H21ClN2O2. The molecule has 0 spiro atoms. The van der Waals surface area contributed by atoms with E-state index >= 15 is 0 Å². The molecule has 1 N–H and O–H groups in total. The lowest BCUT2D eigenvalue weighted by atomic mass is 9.83. The molecule has 0 radical (unpaired) electrons. The first-order chi connectivity index (χ1) is 12.4. The third-order valence-corrected chi connectivity index (χ3v) is 5.71. The lowest BCUT2D eigenvalue weighted by Crippen LogP contribution is -2.50. The summed E-state index contributed by atoms with van der Waals surface area (Å²) in [7, 11) is 1.64. The Morgan fingerprint density at radius 3 is 2.77 bits per heavy atom. The maximum absolute atomic E-state index is 13.3. The largest absolute Gasteiger partial charge is 0.496 e. The summed E-state index contributed by atoms with van der Waals surface area (Å²) in [5.74, 6) is 0.742. The van der Waals surface area contributed by atoms with Crippen molar-refractivity contribution in [2.45, 2.75) is 25.8 Å². The number of amides is 1. The fourth-order valence-corrected chi connectivity index (χ4v) is 4.22. The van der Waals surface area contributed by atoms with Crippen LogP contribution in [0, 0.1) is 0 Å². The summed E-state index contributed by atoms with van der Waals surface area (Å²) in [4.78, 5) is 18.5. The molecule has 0 saturated heterocycles. The first-order valence-electron chi connectivity index (χ1n) is 8.69. The van der Waals surface area contributed by atoms with Gasteiger partial charge in [0.1, 0.15) is 11.4 Å². The Morgan fingerprint density at radius 2 is 2.00 bits per heavy atom. The van der Waals surface area contributed by atoms with Crippen molar-refractivity contribution in [2.24, 2.45) is 0 Å². The van der Waals surface area contributed by atoms with Gasteiger partial charge in [-0.1, -0.05) is 29.8 Å². The van der Waals surface area contributed by atoms with Gasteiger partial charge in [-0.05, 0) is 55.7 Å². The maximum atomic E-state index is 13.3. The van der Waals surface area contributed by atoms with Crippen molar-refractivity contribution >= 4 is 28.4 Å². The molecule has 0 bridgehead atoms. The molecule has 26 heavy (non-hydrogen) atoms. The topological polar surface area (TPSA) is 45.3 Å². The number of nitrogens with one attached hydrogen (secondary N) is 1. The van der Waals surface area contributed by atoms with Crippen LogP contribution in [0.3, 0.4) is 0 Å². The molecule has 1 amide bonds. The highest BCUT2D eigenvalue weighted by molar-refractivity contribution is 6.31. The average Bonchev–Trinajstić information content (AvgIpc) is 3.06. The number of halogens is 1. The van der Waals surface area contributed by atoms with Crippen LogP contribution in [0.25, 0.3) is 10.9 Å². The molecule has 5 heteroatoms. The van der Waals surface area contributed by atoms with E-state index in [9.17, 15) is 4.79 Å². The lowest BCUT2D eigenvalue weighted by Gasteiger charge is -2.44. The van der Waals surface area contributed by atoms with Gasteiger partial charge in [0.15, 0.2) is 0 Å². The number of H-pyrrole nitrogens is 1. The second kappa shape index (κ2) is 6.06. The Labute approximate surface area is 157 Å². The molecule has 4 nitrogen and oxygen atoms in total. The molecule has 0 unspecified atom stereocenters. The van der Waals surface area contributed by atoms with E-state index in [1.807, 2.05) is 41.3 Å². The van der Waals surface area contributed by atoms with E-state index in [1.54, 1.807) is 7.11 Å². The molecule has 134 valence electrons. The van der Waals surface area contributed by atoms with Crippen LogP contribution in [0.5, 0.6) is 5.75 Å². The van der Waals surface area contributed by atoms with E-state index in [-0.39, 0.29) is 5.91 Å². The average molecular weight is 369 g/mol. The number of hydrogen-bond acceptors (Lipinski definition) is 2. The highest BCUT2D eigenvalue weighted by Crippen LogP contribution is 2.39. The fourth-order valence-electron chi connectivity index (χ4n) is 3.96. The van der Waals surface area contributed by atoms with Crippen LogP contribution in [0.2, 0.25) is 5.02 Å². The van der Waals surface area contributed by atoms with Crippen LogP contribution < -0.4 is 4.74 Å². The van der Waals surface area contributed by atoms with Crippen molar-refractivity contribution in [1.82, 2.24) is 9.88 Å². The number of carbonyl (C=O) groups is 1. The van der Waals surface area contributed by atoms with Crippen LogP contribution in [0.4, 0.5) is 0 Å². The quantitative estimate of drug-likeness (QED) is 0.708. The van der Waals surface area contributed by atoms with Crippen molar-refractivity contribution in [1.29, 1.82) is 0 Å². The first-order valence-corrected chi connectivity index (χ1v) is 9.07. The molecule has 2 aromatic carbocycles. The number of aromatic amines is 1. The summed E-state index contributed by atoms with van der Waals surface area (Å²) in [6.45, 7) is 4.78. The summed E-state index contributed by atoms with van der Waals surface area (Å²) >= 11 is 6.38. The maximum Gasteiger partial charge on any atom is 0.271 e. The Bertz CT molecular complexity index is 1010. The van der Waals surface area contributed by atoms with Gasteiger partial charge >= 0.3 is 0 Å². The Kier molecular flexibility index (Phi) is 3.96. The van der Waals surface area contributed by atoms with Gasteiger partial charge in [-0.25, -0.2) is 0 Å². The van der Waals surface area contributed by atoms with Crippen LogP contribution in [-0.4, -0.2) is 29.4 Å². The molecule has 3 aromatic rings. The van der Waals surface area contributed by atoms with Gasteiger partial charge in [0.05, 0.1) is 12.6 Å². The second-order valence-electron chi connectivity index (χ2n) is 7.14. The number of hydrogen-bond donors (Lipinski definition) is 1. The number of carbonyl (C=O) groups excluding carboxylic acids is 1. The van der Waals surface area contributed by atoms with E-state index in [1.165, 1.54) is 0 Å². The molecule has 0 atom stereocenters. The van der Waals surface area contributed by atoms with Gasteiger partial charge in [0, 0.05) is 22.5 Å². The van der Waals surface area contributed by atoms with Gasteiger partial charge < -0.3 is 14.6 Å². The Balaban J connectivity index is 1.75. The summed E-state index contributed by atoms with van der Waals surface area (Å²) in [5, 5.41) is 1.69. The number of methoxy groups -OCH3 is 1. The minimum Gasteiger partial charge on any atom is -0.496 e. The molecule has 1 aromatic heterocycles. The summed E-state index contributed by atoms with van der Waals surface area (Å²) in [5.41, 5.74) is 3.28. The minimum absolute atomic E-state index is 0.0149. The summed E-state index contributed by atoms with van der Waals surface area (Å²) < 4.78 is 5.41. The predicted molar refractivity (Wildman–Crippen MR) is 104 cm³/mol. The highest BCUT2D eigenvalue weighted by Gasteiger charge is 2.38. The van der Waals surface area contributed by atoms with Crippen molar-refractivity contribution in [3.8, 4) is 5.75 Å². The number of ether oxygens (including phenoxy) is 1. The molecule has 0 saturated carbocycles. The number of aromatic nitrogens is 1. The van der Waals surface area contributed by atoms with Gasteiger partial charge in [-0.15, -0.1) is 0 Å². The third kappa shape index (κ3) is 2.48. The Morgan fingerprint density at radius 1 is 1.23 bits per heavy atom. The predicted octanol–water partition coefficient (Wildman–Crippen LogP) is 4.76. The standard InChI is InChI=1S/C21H21ClN2O2/c1-21(2)15-6-4-7-16(22)13(15)10-11-24(21)20(25)18-12-14-17(23-18)8-5-9-19(14)26-3/h4-9,12,23H,10-11H2,1-3H3. The molecule has 0 aliphatic carbocycles. The normalized spacial score (nSPS) is 15.8.